The number of ether oxygens (including phenoxy) is 2. The van der Waals surface area contributed by atoms with Crippen molar-refractivity contribution in [1.82, 2.24) is 4.90 Å². The number of unbranched alkanes of at least 4 members (excludes halogenated alkanes) is 20. The van der Waals surface area contributed by atoms with Crippen molar-refractivity contribution in [3.8, 4) is 0 Å². The van der Waals surface area contributed by atoms with E-state index in [0.29, 0.717) is 6.42 Å². The van der Waals surface area contributed by atoms with E-state index in [9.17, 15) is 9.59 Å². The van der Waals surface area contributed by atoms with Gasteiger partial charge in [0.25, 0.3) is 0 Å². The molecule has 67 heavy (non-hydrogen) atoms. The summed E-state index contributed by atoms with van der Waals surface area (Å²) in [5.41, 5.74) is 0. The van der Waals surface area contributed by atoms with Crippen molar-refractivity contribution in [1.29, 1.82) is 0 Å². The lowest BCUT2D eigenvalue weighted by molar-refractivity contribution is -0.157. The maximum absolute atomic E-state index is 13.5. The van der Waals surface area contributed by atoms with Gasteiger partial charge in [-0.25, -0.2) is 0 Å². The molecule has 1 aliphatic heterocycles. The van der Waals surface area contributed by atoms with Crippen LogP contribution in [0.25, 0.3) is 0 Å². The van der Waals surface area contributed by atoms with E-state index in [1.54, 1.807) is 25.7 Å². The Hall–Kier alpha value is -1.10. The van der Waals surface area contributed by atoms with Crippen molar-refractivity contribution in [2.75, 3.05) is 20.1 Å². The number of rotatable bonds is 41. The van der Waals surface area contributed by atoms with Gasteiger partial charge in [0.2, 0.25) is 0 Å². The lowest BCUT2D eigenvalue weighted by atomic mass is 9.93. The predicted octanol–water partition coefficient (Wildman–Crippen LogP) is 17.7. The summed E-state index contributed by atoms with van der Waals surface area (Å²) in [6, 6.07) is 0. The number of hydrogen-bond acceptors (Lipinski definition) is 5. The van der Waals surface area contributed by atoms with Crippen LogP contribution in [-0.4, -0.2) is 49.2 Å². The van der Waals surface area contributed by atoms with Crippen molar-refractivity contribution in [2.45, 2.75) is 296 Å². The molecule has 6 aliphatic rings. The van der Waals surface area contributed by atoms with Crippen LogP contribution in [0.4, 0.5) is 0 Å². The Balaban J connectivity index is 0.793. The first-order valence-electron chi connectivity index (χ1n) is 30.9. The highest BCUT2D eigenvalue weighted by Gasteiger charge is 2.46. The van der Waals surface area contributed by atoms with Gasteiger partial charge in [-0.2, -0.15) is 0 Å². The average molecular weight is 935 g/mol. The van der Waals surface area contributed by atoms with E-state index >= 15 is 0 Å². The minimum Gasteiger partial charge on any atom is -0.462 e. The molecule has 11 atom stereocenters. The third-order valence-corrected chi connectivity index (χ3v) is 19.2. The minimum absolute atomic E-state index is 0.00664. The Morgan fingerprint density at radius 1 is 0.478 bits per heavy atom. The Morgan fingerprint density at radius 3 is 1.28 bits per heavy atom. The Morgan fingerprint density at radius 2 is 0.866 bits per heavy atom. The molecule has 0 radical (unpaired) electrons. The van der Waals surface area contributed by atoms with Gasteiger partial charge in [-0.15, -0.1) is 0 Å². The van der Waals surface area contributed by atoms with Crippen molar-refractivity contribution in [2.24, 2.45) is 65.1 Å². The third kappa shape index (κ3) is 22.1. The van der Waals surface area contributed by atoms with E-state index in [1.165, 1.54) is 193 Å². The van der Waals surface area contributed by atoms with Gasteiger partial charge in [0.15, 0.2) is 0 Å². The molecule has 11 unspecified atom stereocenters. The average Bonchev–Trinajstić information content (AvgIpc) is 4.20. The predicted molar refractivity (Wildman–Crippen MR) is 282 cm³/mol. The molecular formula is C62H111NO4. The second-order valence-corrected chi connectivity index (χ2v) is 25.1. The number of carbonyl (C=O) groups is 2. The zero-order valence-electron chi connectivity index (χ0n) is 45.0. The van der Waals surface area contributed by atoms with Crippen molar-refractivity contribution >= 4 is 11.9 Å². The van der Waals surface area contributed by atoms with E-state index in [2.05, 4.69) is 32.7 Å². The van der Waals surface area contributed by atoms with Gasteiger partial charge >= 0.3 is 11.9 Å². The van der Waals surface area contributed by atoms with Gasteiger partial charge < -0.3 is 14.4 Å². The second kappa shape index (κ2) is 31.4. The maximum Gasteiger partial charge on any atom is 0.309 e. The number of esters is 2. The molecule has 0 N–H and O–H groups in total. The minimum atomic E-state index is -0.0535. The molecule has 0 aromatic rings. The molecule has 5 nitrogen and oxygen atoms in total. The summed E-state index contributed by atoms with van der Waals surface area (Å²) in [6.45, 7) is 8.77. The van der Waals surface area contributed by atoms with E-state index in [-0.39, 0.29) is 41.9 Å². The van der Waals surface area contributed by atoms with Crippen molar-refractivity contribution in [3.05, 3.63) is 0 Å². The van der Waals surface area contributed by atoms with Crippen LogP contribution in [-0.2, 0) is 19.1 Å². The lowest BCUT2D eigenvalue weighted by Crippen LogP contribution is -2.36. The summed E-state index contributed by atoms with van der Waals surface area (Å²) in [5.74, 6) is 9.13. The van der Waals surface area contributed by atoms with Crippen LogP contribution in [0.3, 0.4) is 0 Å². The Labute approximate surface area is 415 Å². The van der Waals surface area contributed by atoms with Gasteiger partial charge in [-0.05, 0) is 169 Å². The molecule has 5 saturated carbocycles. The smallest absolute Gasteiger partial charge is 0.309 e. The number of hydrogen-bond donors (Lipinski definition) is 0. The topological polar surface area (TPSA) is 55.8 Å². The van der Waals surface area contributed by atoms with Crippen LogP contribution in [0.1, 0.15) is 284 Å². The first kappa shape index (κ1) is 55.2. The fourth-order valence-corrected chi connectivity index (χ4v) is 13.8. The van der Waals surface area contributed by atoms with Gasteiger partial charge in [-0.3, -0.25) is 9.59 Å². The lowest BCUT2D eigenvalue weighted by Gasteiger charge is -2.29. The Kier molecular flexibility index (Phi) is 25.9. The first-order valence-corrected chi connectivity index (χ1v) is 30.9. The summed E-state index contributed by atoms with van der Waals surface area (Å²) in [5, 5.41) is 0. The van der Waals surface area contributed by atoms with Gasteiger partial charge in [0.1, 0.15) is 12.2 Å². The summed E-state index contributed by atoms with van der Waals surface area (Å²) < 4.78 is 12.5. The summed E-state index contributed by atoms with van der Waals surface area (Å²) >= 11 is 0. The van der Waals surface area contributed by atoms with Crippen LogP contribution in [0.15, 0.2) is 0 Å². The Bertz CT molecular complexity index is 1260. The van der Waals surface area contributed by atoms with Crippen LogP contribution in [0.2, 0.25) is 0 Å². The fraction of sp³-hybridized carbons (Fsp3) is 0.968. The molecule has 1 saturated heterocycles. The second-order valence-electron chi connectivity index (χ2n) is 25.1. The van der Waals surface area contributed by atoms with Crippen molar-refractivity contribution < 1.29 is 19.1 Å². The maximum atomic E-state index is 13.5. The van der Waals surface area contributed by atoms with E-state index in [0.717, 1.165) is 99.0 Å². The molecule has 1 heterocycles. The highest BCUT2D eigenvalue weighted by atomic mass is 16.5. The molecule has 0 aromatic heterocycles. The van der Waals surface area contributed by atoms with E-state index < -0.39 is 0 Å². The summed E-state index contributed by atoms with van der Waals surface area (Å²) in [4.78, 5) is 28.8. The van der Waals surface area contributed by atoms with Crippen molar-refractivity contribution in [3.63, 3.8) is 0 Å². The molecule has 0 amide bonds. The molecule has 388 valence electrons. The SMILES string of the molecule is CCCCCCCCC1CC1CC1CC1CCCCCCCCC(CCCCCCCCC1CC1CC1CC1CCCCCCCC)OC(=O)CC1CCC(OC(=O)C2CCN(C)CC2)C1C. The number of likely N-dealkylation sites (tertiary alicyclic amines) is 1. The summed E-state index contributed by atoms with van der Waals surface area (Å²) in [7, 11) is 2.13. The first-order chi connectivity index (χ1) is 32.8. The van der Waals surface area contributed by atoms with Gasteiger partial charge in [-0.1, -0.05) is 188 Å². The molecule has 5 aliphatic carbocycles. The summed E-state index contributed by atoms with van der Waals surface area (Å²) in [6.07, 6.45) is 54.8. The highest BCUT2D eigenvalue weighted by molar-refractivity contribution is 5.73. The molecular weight excluding hydrogens is 823 g/mol. The molecule has 6 rings (SSSR count). The van der Waals surface area contributed by atoms with Crippen LogP contribution in [0.5, 0.6) is 0 Å². The fourth-order valence-electron chi connectivity index (χ4n) is 13.8. The molecule has 0 spiro atoms. The van der Waals surface area contributed by atoms with Crippen LogP contribution in [0, 0.1) is 65.1 Å². The molecule has 5 heteroatoms. The number of nitrogens with zero attached hydrogens (tertiary/aromatic N) is 1. The third-order valence-electron chi connectivity index (χ3n) is 19.2. The molecule has 6 fully saturated rings. The van der Waals surface area contributed by atoms with Crippen LogP contribution >= 0.6 is 0 Å². The van der Waals surface area contributed by atoms with Gasteiger partial charge in [0.05, 0.1) is 5.92 Å². The van der Waals surface area contributed by atoms with E-state index in [1.807, 2.05) is 0 Å². The largest absolute Gasteiger partial charge is 0.462 e. The zero-order chi connectivity index (χ0) is 47.1. The number of carbonyl (C=O) groups excluding carboxylic acids is 2. The van der Waals surface area contributed by atoms with Crippen LogP contribution < -0.4 is 0 Å². The quantitative estimate of drug-likeness (QED) is 0.0452. The van der Waals surface area contributed by atoms with E-state index in [4.69, 9.17) is 9.47 Å². The zero-order valence-corrected chi connectivity index (χ0v) is 45.0. The molecule has 0 bridgehead atoms. The normalized spacial score (nSPS) is 30.7. The standard InChI is InChI=1S/C62H111NO4/c1-5-7-9-11-17-23-29-51-41-55(51)45-57-43-53(57)31-25-19-13-15-21-27-33-59(66-61(64)47-50-35-36-60(48(50)3)67-62(65)49-37-39-63(4)40-38-49)34-28-22-16-14-20-26-32-54-44-58(54)46-56-42-52(56)30-24-18-12-10-8-6-2/h48-60H,5-47H2,1-4H3. The van der Waals surface area contributed by atoms with Gasteiger partial charge in [0, 0.05) is 6.42 Å². The number of piperidine rings is 1. The monoisotopic (exact) mass is 934 g/mol. The molecule has 0 aromatic carbocycles. The highest BCUT2D eigenvalue weighted by Crippen LogP contribution is 2.56.